The van der Waals surface area contributed by atoms with Crippen molar-refractivity contribution in [1.29, 1.82) is 0 Å². The number of benzene rings is 2. The fourth-order valence-electron chi connectivity index (χ4n) is 3.36. The lowest BCUT2D eigenvalue weighted by atomic mass is 10.1. The molecule has 2 aromatic carbocycles. The fourth-order valence-corrected chi connectivity index (χ4v) is 3.36. The minimum atomic E-state index is -0.543. The molecule has 1 saturated heterocycles. The van der Waals surface area contributed by atoms with E-state index in [4.69, 9.17) is 15.2 Å². The predicted octanol–water partition coefficient (Wildman–Crippen LogP) is 2.81. The van der Waals surface area contributed by atoms with Crippen LogP contribution in [0.1, 0.15) is 12.0 Å². The first-order valence-corrected chi connectivity index (χ1v) is 9.17. The molecule has 1 aliphatic rings. The zero-order valence-corrected chi connectivity index (χ0v) is 18.3. The number of carbonyl (C=O) groups excluding carboxylic acids is 1. The Morgan fingerprint density at radius 2 is 1.76 bits per heavy atom. The van der Waals surface area contributed by atoms with E-state index in [0.717, 1.165) is 42.3 Å². The predicted molar refractivity (Wildman–Crippen MR) is 121 cm³/mol. The van der Waals surface area contributed by atoms with Crippen LogP contribution in [-0.2, 0) is 11.2 Å². The van der Waals surface area contributed by atoms with Crippen LogP contribution in [0.15, 0.2) is 48.5 Å². The van der Waals surface area contributed by atoms with E-state index in [2.05, 4.69) is 10.2 Å². The summed E-state index contributed by atoms with van der Waals surface area (Å²) < 4.78 is 10.7. The lowest BCUT2D eigenvalue weighted by molar-refractivity contribution is -0.122. The van der Waals surface area contributed by atoms with Gasteiger partial charge in [-0.1, -0.05) is 30.3 Å². The van der Waals surface area contributed by atoms with Gasteiger partial charge in [0.1, 0.15) is 11.5 Å². The largest absolute Gasteiger partial charge is 0.497 e. The van der Waals surface area contributed by atoms with Gasteiger partial charge in [-0.3, -0.25) is 4.79 Å². The third kappa shape index (κ3) is 6.70. The van der Waals surface area contributed by atoms with E-state index in [1.165, 1.54) is 0 Å². The lowest BCUT2D eigenvalue weighted by Gasteiger charge is -2.21. The first kappa shape index (κ1) is 24.9. The average Bonchev–Trinajstić information content (AvgIpc) is 3.16. The summed E-state index contributed by atoms with van der Waals surface area (Å²) in [5.41, 5.74) is 8.18. The van der Waals surface area contributed by atoms with Crippen LogP contribution in [0.4, 0.5) is 5.69 Å². The molecule has 3 N–H and O–H groups in total. The SMILES string of the molecule is COc1cc(OC)cc(N2CCC(NC(=O)C(N)Cc3ccccc3)C2)c1.Cl.Cl. The number of anilines is 1. The van der Waals surface area contributed by atoms with Crippen LogP contribution in [0, 0.1) is 0 Å². The van der Waals surface area contributed by atoms with Gasteiger partial charge in [0, 0.05) is 43.0 Å². The van der Waals surface area contributed by atoms with Crippen LogP contribution in [0.3, 0.4) is 0 Å². The second-order valence-corrected chi connectivity index (χ2v) is 6.81. The van der Waals surface area contributed by atoms with E-state index in [-0.39, 0.29) is 36.8 Å². The summed E-state index contributed by atoms with van der Waals surface area (Å²) in [4.78, 5) is 14.7. The summed E-state index contributed by atoms with van der Waals surface area (Å²) in [5.74, 6) is 1.40. The molecule has 0 saturated carbocycles. The van der Waals surface area contributed by atoms with Crippen LogP contribution in [-0.4, -0.2) is 45.3 Å². The molecule has 1 fully saturated rings. The maximum Gasteiger partial charge on any atom is 0.237 e. The van der Waals surface area contributed by atoms with Crippen LogP contribution in [0.5, 0.6) is 11.5 Å². The van der Waals surface area contributed by atoms with E-state index >= 15 is 0 Å². The molecule has 2 atom stereocenters. The maximum atomic E-state index is 12.5. The summed E-state index contributed by atoms with van der Waals surface area (Å²) in [7, 11) is 3.28. The number of nitrogens with zero attached hydrogens (tertiary/aromatic N) is 1. The number of hydrogen-bond acceptors (Lipinski definition) is 5. The van der Waals surface area contributed by atoms with Gasteiger partial charge in [-0.15, -0.1) is 24.8 Å². The zero-order chi connectivity index (χ0) is 19.2. The second kappa shape index (κ2) is 11.8. The Labute approximate surface area is 184 Å². The monoisotopic (exact) mass is 441 g/mol. The van der Waals surface area contributed by atoms with Crippen molar-refractivity contribution in [2.24, 2.45) is 5.73 Å². The molecule has 0 aliphatic carbocycles. The standard InChI is InChI=1S/C21H27N3O3.2ClH/c1-26-18-11-17(12-19(13-18)27-2)24-9-8-16(14-24)23-21(25)20(22)10-15-6-4-3-5-7-15;;/h3-7,11-13,16,20H,8-10,14,22H2,1-2H3,(H,23,25);2*1H. The summed E-state index contributed by atoms with van der Waals surface area (Å²) in [5, 5.41) is 3.09. The van der Waals surface area contributed by atoms with E-state index in [1.54, 1.807) is 14.2 Å². The molecule has 0 bridgehead atoms. The van der Waals surface area contributed by atoms with E-state index in [9.17, 15) is 4.79 Å². The molecule has 8 heteroatoms. The topological polar surface area (TPSA) is 76.8 Å². The molecule has 3 rings (SSSR count). The van der Waals surface area contributed by atoms with Gasteiger partial charge in [-0.2, -0.15) is 0 Å². The van der Waals surface area contributed by atoms with Crippen LogP contribution in [0.2, 0.25) is 0 Å². The lowest BCUT2D eigenvalue weighted by Crippen LogP contribution is -2.47. The van der Waals surface area contributed by atoms with Crippen LogP contribution < -0.4 is 25.4 Å². The van der Waals surface area contributed by atoms with Crippen molar-refractivity contribution in [3.63, 3.8) is 0 Å². The van der Waals surface area contributed by atoms with Gasteiger partial charge in [-0.05, 0) is 18.4 Å². The van der Waals surface area contributed by atoms with Crippen molar-refractivity contribution in [2.75, 3.05) is 32.2 Å². The smallest absolute Gasteiger partial charge is 0.237 e. The fraction of sp³-hybridized carbons (Fsp3) is 0.381. The molecule has 29 heavy (non-hydrogen) atoms. The Morgan fingerprint density at radius 1 is 1.14 bits per heavy atom. The number of nitrogens with one attached hydrogen (secondary N) is 1. The third-order valence-electron chi connectivity index (χ3n) is 4.87. The van der Waals surface area contributed by atoms with Gasteiger partial charge in [0.2, 0.25) is 5.91 Å². The highest BCUT2D eigenvalue weighted by Crippen LogP contribution is 2.30. The molecule has 160 valence electrons. The van der Waals surface area contributed by atoms with Gasteiger partial charge in [-0.25, -0.2) is 0 Å². The van der Waals surface area contributed by atoms with Crippen LogP contribution in [0.25, 0.3) is 0 Å². The number of halogens is 2. The number of rotatable bonds is 7. The number of methoxy groups -OCH3 is 2. The Kier molecular flexibility index (Phi) is 10.1. The first-order valence-electron chi connectivity index (χ1n) is 9.17. The zero-order valence-electron chi connectivity index (χ0n) is 16.7. The molecule has 0 aromatic heterocycles. The summed E-state index contributed by atoms with van der Waals surface area (Å²) in [6, 6.07) is 15.2. The highest BCUT2D eigenvalue weighted by Gasteiger charge is 2.26. The highest BCUT2D eigenvalue weighted by molar-refractivity contribution is 5.85. The summed E-state index contributed by atoms with van der Waals surface area (Å²) in [6.07, 6.45) is 1.42. The molecular formula is C21H29Cl2N3O3. The number of hydrogen-bond donors (Lipinski definition) is 2. The van der Waals surface area contributed by atoms with Crippen molar-refractivity contribution in [3.8, 4) is 11.5 Å². The molecule has 2 unspecified atom stereocenters. The Bertz CT molecular complexity index is 755. The second-order valence-electron chi connectivity index (χ2n) is 6.81. The number of amides is 1. The first-order chi connectivity index (χ1) is 13.1. The van der Waals surface area contributed by atoms with E-state index in [0.29, 0.717) is 6.42 Å². The number of nitrogens with two attached hydrogens (primary N) is 1. The average molecular weight is 442 g/mol. The normalized spacial score (nSPS) is 16.2. The molecule has 6 nitrogen and oxygen atoms in total. The minimum Gasteiger partial charge on any atom is -0.497 e. The van der Waals surface area contributed by atoms with Gasteiger partial charge in [0.25, 0.3) is 0 Å². The van der Waals surface area contributed by atoms with Crippen molar-refractivity contribution < 1.29 is 14.3 Å². The highest BCUT2D eigenvalue weighted by atomic mass is 35.5. The molecule has 1 heterocycles. The molecule has 2 aromatic rings. The molecular weight excluding hydrogens is 413 g/mol. The Hall–Kier alpha value is -2.15. The molecule has 1 aliphatic heterocycles. The van der Waals surface area contributed by atoms with Crippen molar-refractivity contribution in [1.82, 2.24) is 5.32 Å². The van der Waals surface area contributed by atoms with Gasteiger partial charge < -0.3 is 25.4 Å². The van der Waals surface area contributed by atoms with Crippen LogP contribution >= 0.6 is 24.8 Å². The molecule has 1 amide bonds. The molecule has 0 spiro atoms. The Balaban J connectivity index is 0.00000210. The van der Waals surface area contributed by atoms with Crippen molar-refractivity contribution >= 4 is 36.4 Å². The van der Waals surface area contributed by atoms with E-state index < -0.39 is 6.04 Å². The quantitative estimate of drug-likeness (QED) is 0.690. The van der Waals surface area contributed by atoms with Crippen molar-refractivity contribution in [3.05, 3.63) is 54.1 Å². The summed E-state index contributed by atoms with van der Waals surface area (Å²) >= 11 is 0. The third-order valence-corrected chi connectivity index (χ3v) is 4.87. The minimum absolute atomic E-state index is 0. The van der Waals surface area contributed by atoms with E-state index in [1.807, 2.05) is 48.5 Å². The van der Waals surface area contributed by atoms with Gasteiger partial charge >= 0.3 is 0 Å². The summed E-state index contributed by atoms with van der Waals surface area (Å²) in [6.45, 7) is 1.59. The Morgan fingerprint density at radius 3 is 2.34 bits per heavy atom. The number of carbonyl (C=O) groups is 1. The van der Waals surface area contributed by atoms with Gasteiger partial charge in [0.15, 0.2) is 0 Å². The molecule has 0 radical (unpaired) electrons. The van der Waals surface area contributed by atoms with Crippen molar-refractivity contribution in [2.45, 2.75) is 24.9 Å². The number of ether oxygens (including phenoxy) is 2. The maximum absolute atomic E-state index is 12.5. The van der Waals surface area contributed by atoms with Gasteiger partial charge in [0.05, 0.1) is 20.3 Å².